The van der Waals surface area contributed by atoms with Gasteiger partial charge < -0.3 is 9.47 Å². The summed E-state index contributed by atoms with van der Waals surface area (Å²) in [5, 5.41) is 0. The molecule has 1 aromatic carbocycles. The Bertz CT molecular complexity index is 384. The molecule has 0 aromatic heterocycles. The molecule has 0 spiro atoms. The molecular weight excluding hydrogens is 307 g/mol. The van der Waals surface area contributed by atoms with E-state index >= 15 is 0 Å². The van der Waals surface area contributed by atoms with Gasteiger partial charge in [-0.05, 0) is 24.1 Å². The van der Waals surface area contributed by atoms with Gasteiger partial charge in [-0.15, -0.1) is 0 Å². The number of ether oxygens (including phenoxy) is 2. The van der Waals surface area contributed by atoms with Gasteiger partial charge in [-0.25, -0.2) is 0 Å². The maximum absolute atomic E-state index is 11.3. The van der Waals surface area contributed by atoms with E-state index in [1.807, 2.05) is 12.1 Å². The number of fused-ring (bicyclic) bond motifs is 1. The molecule has 0 aliphatic carbocycles. The molecule has 80 valence electrons. The van der Waals surface area contributed by atoms with E-state index in [1.54, 1.807) is 22.6 Å². The topological polar surface area (TPSA) is 35.5 Å². The Hall–Kier alpha value is -0.620. The number of halogens is 1. The Labute approximate surface area is 102 Å². The van der Waals surface area contributed by atoms with Gasteiger partial charge >= 0.3 is 0 Å². The lowest BCUT2D eigenvalue weighted by Gasteiger charge is -2.20. The smallest absolute Gasteiger partial charge is 0.222 e. The SMILES string of the molecule is CCc1cc(C(=O)I)cc2c1OCOC2. The molecule has 0 atom stereocenters. The Morgan fingerprint density at radius 3 is 3.00 bits per heavy atom. The van der Waals surface area contributed by atoms with E-state index in [0.29, 0.717) is 13.4 Å². The van der Waals surface area contributed by atoms with Crippen LogP contribution in [0, 0.1) is 0 Å². The summed E-state index contributed by atoms with van der Waals surface area (Å²) in [6.07, 6.45) is 0.861. The third-order valence-corrected chi connectivity index (χ3v) is 3.02. The van der Waals surface area contributed by atoms with Gasteiger partial charge in [0.05, 0.1) is 6.61 Å². The van der Waals surface area contributed by atoms with Crippen molar-refractivity contribution in [1.29, 1.82) is 0 Å². The molecule has 1 aromatic rings. The van der Waals surface area contributed by atoms with Crippen molar-refractivity contribution in [2.24, 2.45) is 0 Å². The lowest BCUT2D eigenvalue weighted by Crippen LogP contribution is -2.13. The largest absolute Gasteiger partial charge is 0.467 e. The Kier molecular flexibility index (Phi) is 3.25. The van der Waals surface area contributed by atoms with Gasteiger partial charge in [0.25, 0.3) is 0 Å². The average molecular weight is 318 g/mol. The Morgan fingerprint density at radius 1 is 1.53 bits per heavy atom. The fourth-order valence-electron chi connectivity index (χ4n) is 1.68. The van der Waals surface area contributed by atoms with Crippen molar-refractivity contribution >= 4 is 26.4 Å². The average Bonchev–Trinajstić information content (AvgIpc) is 2.27. The molecular formula is C11H11IO3. The predicted octanol–water partition coefficient (Wildman–Crippen LogP) is 2.69. The van der Waals surface area contributed by atoms with Crippen LogP contribution in [-0.4, -0.2) is 10.6 Å². The van der Waals surface area contributed by atoms with Crippen LogP contribution in [0.25, 0.3) is 0 Å². The number of rotatable bonds is 2. The quantitative estimate of drug-likeness (QED) is 0.621. The van der Waals surface area contributed by atoms with E-state index in [2.05, 4.69) is 6.92 Å². The van der Waals surface area contributed by atoms with Crippen LogP contribution in [0.4, 0.5) is 0 Å². The fraction of sp³-hybridized carbons (Fsp3) is 0.364. The van der Waals surface area contributed by atoms with E-state index in [1.165, 1.54) is 0 Å². The molecule has 0 N–H and O–H groups in total. The highest BCUT2D eigenvalue weighted by atomic mass is 127. The third-order valence-electron chi connectivity index (χ3n) is 2.39. The van der Waals surface area contributed by atoms with Crippen molar-refractivity contribution in [1.82, 2.24) is 0 Å². The van der Waals surface area contributed by atoms with Crippen molar-refractivity contribution in [2.75, 3.05) is 6.79 Å². The van der Waals surface area contributed by atoms with Crippen LogP contribution >= 0.6 is 22.6 Å². The third kappa shape index (κ3) is 2.15. The van der Waals surface area contributed by atoms with Crippen LogP contribution in [0.2, 0.25) is 0 Å². The molecule has 0 bridgehead atoms. The molecule has 0 saturated carbocycles. The molecule has 0 amide bonds. The van der Waals surface area contributed by atoms with Crippen molar-refractivity contribution in [3.63, 3.8) is 0 Å². The Balaban J connectivity index is 2.52. The highest BCUT2D eigenvalue weighted by molar-refractivity contribution is 14.1. The highest BCUT2D eigenvalue weighted by Crippen LogP contribution is 2.30. The van der Waals surface area contributed by atoms with E-state index in [-0.39, 0.29) is 3.79 Å². The van der Waals surface area contributed by atoms with Crippen LogP contribution in [0.3, 0.4) is 0 Å². The molecule has 0 saturated heterocycles. The minimum Gasteiger partial charge on any atom is -0.467 e. The van der Waals surface area contributed by atoms with E-state index in [4.69, 9.17) is 9.47 Å². The van der Waals surface area contributed by atoms with Crippen molar-refractivity contribution in [2.45, 2.75) is 20.0 Å². The second kappa shape index (κ2) is 4.49. The number of aryl methyl sites for hydroxylation is 1. The first kappa shape index (κ1) is 10.9. The lowest BCUT2D eigenvalue weighted by atomic mass is 10.0. The minimum atomic E-state index is 0.0515. The molecule has 1 heterocycles. The van der Waals surface area contributed by atoms with Crippen molar-refractivity contribution < 1.29 is 14.3 Å². The Morgan fingerprint density at radius 2 is 2.33 bits per heavy atom. The molecule has 2 rings (SSSR count). The van der Waals surface area contributed by atoms with Crippen LogP contribution in [-0.2, 0) is 17.8 Å². The summed E-state index contributed by atoms with van der Waals surface area (Å²) in [5.74, 6) is 0.894. The number of hydrogen-bond donors (Lipinski definition) is 0. The predicted molar refractivity (Wildman–Crippen MR) is 64.5 cm³/mol. The minimum absolute atomic E-state index is 0.0515. The molecule has 4 heteroatoms. The monoisotopic (exact) mass is 318 g/mol. The lowest BCUT2D eigenvalue weighted by molar-refractivity contribution is -0.0170. The van der Waals surface area contributed by atoms with Crippen LogP contribution < -0.4 is 4.74 Å². The van der Waals surface area contributed by atoms with Gasteiger partial charge in [-0.2, -0.15) is 0 Å². The standard InChI is InChI=1S/C11H11IO3/c1-2-7-3-8(11(12)13)4-9-5-14-6-15-10(7)9/h3-4H,2,5-6H2,1H3. The van der Waals surface area contributed by atoms with E-state index in [9.17, 15) is 4.79 Å². The van der Waals surface area contributed by atoms with Crippen LogP contribution in [0.1, 0.15) is 28.4 Å². The maximum Gasteiger partial charge on any atom is 0.222 e. The highest BCUT2D eigenvalue weighted by Gasteiger charge is 2.17. The summed E-state index contributed by atoms with van der Waals surface area (Å²) >= 11 is 1.80. The summed E-state index contributed by atoms with van der Waals surface area (Å²) in [7, 11) is 0. The van der Waals surface area contributed by atoms with Gasteiger partial charge in [0, 0.05) is 33.7 Å². The molecule has 3 nitrogen and oxygen atoms in total. The van der Waals surface area contributed by atoms with Crippen molar-refractivity contribution in [3.05, 3.63) is 28.8 Å². The number of benzene rings is 1. The molecule has 1 aliphatic rings. The van der Waals surface area contributed by atoms with Gasteiger partial charge in [0.2, 0.25) is 3.79 Å². The number of carbonyl (C=O) groups excluding carboxylic acids is 1. The van der Waals surface area contributed by atoms with Crippen molar-refractivity contribution in [3.8, 4) is 5.75 Å². The molecule has 0 radical (unpaired) electrons. The maximum atomic E-state index is 11.3. The summed E-state index contributed by atoms with van der Waals surface area (Å²) < 4.78 is 10.7. The molecule has 1 aliphatic heterocycles. The van der Waals surface area contributed by atoms with E-state index < -0.39 is 0 Å². The zero-order valence-electron chi connectivity index (χ0n) is 8.38. The molecule has 0 unspecified atom stereocenters. The van der Waals surface area contributed by atoms with E-state index in [0.717, 1.165) is 28.9 Å². The normalized spacial score (nSPS) is 14.3. The van der Waals surface area contributed by atoms with Crippen LogP contribution in [0.15, 0.2) is 12.1 Å². The molecule has 0 fully saturated rings. The summed E-state index contributed by atoms with van der Waals surface area (Å²) in [6, 6.07) is 3.75. The first-order chi connectivity index (χ1) is 7.22. The van der Waals surface area contributed by atoms with Gasteiger partial charge in [-0.1, -0.05) is 6.92 Å². The number of hydrogen-bond acceptors (Lipinski definition) is 3. The zero-order chi connectivity index (χ0) is 10.8. The molecule has 15 heavy (non-hydrogen) atoms. The second-order valence-electron chi connectivity index (χ2n) is 3.36. The summed E-state index contributed by atoms with van der Waals surface area (Å²) in [6.45, 7) is 2.88. The van der Waals surface area contributed by atoms with Crippen LogP contribution in [0.5, 0.6) is 5.75 Å². The zero-order valence-corrected chi connectivity index (χ0v) is 10.5. The first-order valence-corrected chi connectivity index (χ1v) is 5.86. The number of carbonyl (C=O) groups is 1. The second-order valence-corrected chi connectivity index (χ2v) is 4.34. The summed E-state index contributed by atoms with van der Waals surface area (Å²) in [5.41, 5.74) is 2.77. The first-order valence-electron chi connectivity index (χ1n) is 4.78. The van der Waals surface area contributed by atoms with Gasteiger partial charge in [0.1, 0.15) is 5.75 Å². The van der Waals surface area contributed by atoms with Gasteiger partial charge in [-0.3, -0.25) is 4.79 Å². The summed E-state index contributed by atoms with van der Waals surface area (Å²) in [4.78, 5) is 11.3. The fourth-order valence-corrected chi connectivity index (χ4v) is 1.99. The van der Waals surface area contributed by atoms with Gasteiger partial charge in [0.15, 0.2) is 6.79 Å².